The molecule has 0 unspecified atom stereocenters. The summed E-state index contributed by atoms with van der Waals surface area (Å²) in [6.07, 6.45) is 1.38. The standard InChI is InChI=1S/C17H15BrO2S/c18-14-6-8-15(9-7-14)21-17(16(19)20)10-13(11-17)12-4-2-1-3-5-12/h1-9,13H,10-11H2,(H,19,20). The molecule has 0 amide bonds. The third-order valence-corrected chi connectivity index (χ3v) is 5.88. The molecule has 2 nitrogen and oxygen atoms in total. The molecule has 0 spiro atoms. The van der Waals surface area contributed by atoms with E-state index in [4.69, 9.17) is 0 Å². The Labute approximate surface area is 136 Å². The fourth-order valence-corrected chi connectivity index (χ4v) is 4.37. The van der Waals surface area contributed by atoms with Gasteiger partial charge in [0.05, 0.1) is 0 Å². The average molecular weight is 363 g/mol. The Morgan fingerprint density at radius 2 is 1.71 bits per heavy atom. The first-order valence-corrected chi connectivity index (χ1v) is 8.43. The van der Waals surface area contributed by atoms with Gasteiger partial charge in [-0.2, -0.15) is 0 Å². The molecule has 0 atom stereocenters. The summed E-state index contributed by atoms with van der Waals surface area (Å²) in [6, 6.07) is 18.0. The lowest BCUT2D eigenvalue weighted by atomic mass is 9.70. The number of halogens is 1. The van der Waals surface area contributed by atoms with Gasteiger partial charge in [0.15, 0.2) is 0 Å². The van der Waals surface area contributed by atoms with E-state index in [1.165, 1.54) is 17.3 Å². The highest BCUT2D eigenvalue weighted by molar-refractivity contribution is 9.10. The number of hydrogen-bond donors (Lipinski definition) is 1. The van der Waals surface area contributed by atoms with Crippen molar-refractivity contribution in [2.75, 3.05) is 0 Å². The van der Waals surface area contributed by atoms with Crippen LogP contribution >= 0.6 is 27.7 Å². The maximum atomic E-state index is 11.7. The molecule has 1 aliphatic carbocycles. The zero-order valence-corrected chi connectivity index (χ0v) is 13.7. The van der Waals surface area contributed by atoms with Gasteiger partial charge in [-0.3, -0.25) is 4.79 Å². The zero-order chi connectivity index (χ0) is 14.9. The molecule has 1 aliphatic rings. The maximum Gasteiger partial charge on any atom is 0.320 e. The third kappa shape index (κ3) is 3.01. The quantitative estimate of drug-likeness (QED) is 0.836. The summed E-state index contributed by atoms with van der Waals surface area (Å²) in [5, 5.41) is 9.63. The smallest absolute Gasteiger partial charge is 0.320 e. The van der Waals surface area contributed by atoms with Gasteiger partial charge in [0.2, 0.25) is 0 Å². The van der Waals surface area contributed by atoms with E-state index in [0.29, 0.717) is 18.8 Å². The predicted molar refractivity (Wildman–Crippen MR) is 88.8 cm³/mol. The second-order valence-electron chi connectivity index (χ2n) is 5.37. The van der Waals surface area contributed by atoms with Crippen LogP contribution in [0.5, 0.6) is 0 Å². The van der Waals surface area contributed by atoms with Crippen LogP contribution in [0.3, 0.4) is 0 Å². The van der Waals surface area contributed by atoms with Crippen LogP contribution in [0, 0.1) is 0 Å². The Balaban J connectivity index is 1.75. The summed E-state index contributed by atoms with van der Waals surface area (Å²) in [5.41, 5.74) is 1.24. The van der Waals surface area contributed by atoms with E-state index < -0.39 is 10.7 Å². The second-order valence-corrected chi connectivity index (χ2v) is 7.74. The Bertz CT molecular complexity index is 634. The SMILES string of the molecule is O=C(O)C1(Sc2ccc(Br)cc2)CC(c2ccccc2)C1. The van der Waals surface area contributed by atoms with Gasteiger partial charge in [-0.1, -0.05) is 46.3 Å². The molecule has 1 fully saturated rings. The van der Waals surface area contributed by atoms with Gasteiger partial charge in [0, 0.05) is 9.37 Å². The lowest BCUT2D eigenvalue weighted by molar-refractivity contribution is -0.142. The number of hydrogen-bond acceptors (Lipinski definition) is 2. The van der Waals surface area contributed by atoms with Crippen LogP contribution in [0.2, 0.25) is 0 Å². The van der Waals surface area contributed by atoms with Gasteiger partial charge in [0.1, 0.15) is 4.75 Å². The molecule has 2 aromatic rings. The summed E-state index contributed by atoms with van der Waals surface area (Å²) < 4.78 is 0.320. The van der Waals surface area contributed by atoms with Crippen molar-refractivity contribution in [3.8, 4) is 0 Å². The first-order valence-electron chi connectivity index (χ1n) is 6.82. The molecule has 0 bridgehead atoms. The largest absolute Gasteiger partial charge is 0.480 e. The molecular weight excluding hydrogens is 348 g/mol. The van der Waals surface area contributed by atoms with Crippen LogP contribution in [0.1, 0.15) is 24.3 Å². The van der Waals surface area contributed by atoms with Crippen LogP contribution in [-0.4, -0.2) is 15.8 Å². The number of thioether (sulfide) groups is 1. The van der Waals surface area contributed by atoms with Crippen LogP contribution < -0.4 is 0 Å². The minimum absolute atomic E-state index is 0.352. The highest BCUT2D eigenvalue weighted by Gasteiger charge is 2.51. The lowest BCUT2D eigenvalue weighted by Gasteiger charge is -2.44. The first-order chi connectivity index (χ1) is 10.1. The number of carboxylic acid groups (broad SMARTS) is 1. The van der Waals surface area contributed by atoms with E-state index in [1.54, 1.807) is 0 Å². The molecule has 0 saturated heterocycles. The van der Waals surface area contributed by atoms with Gasteiger partial charge < -0.3 is 5.11 Å². The molecule has 2 aromatic carbocycles. The third-order valence-electron chi connectivity index (χ3n) is 3.94. The molecule has 21 heavy (non-hydrogen) atoms. The van der Waals surface area contributed by atoms with Crippen molar-refractivity contribution in [1.82, 2.24) is 0 Å². The molecule has 0 radical (unpaired) electrons. The Kier molecular flexibility index (Phi) is 4.09. The molecule has 0 aliphatic heterocycles. The fraction of sp³-hybridized carbons (Fsp3) is 0.235. The van der Waals surface area contributed by atoms with Crippen molar-refractivity contribution < 1.29 is 9.90 Å². The zero-order valence-electron chi connectivity index (χ0n) is 11.3. The van der Waals surface area contributed by atoms with E-state index in [-0.39, 0.29) is 0 Å². The Morgan fingerprint density at radius 1 is 1.10 bits per heavy atom. The molecular formula is C17H15BrO2S. The number of rotatable bonds is 4. The van der Waals surface area contributed by atoms with E-state index in [2.05, 4.69) is 28.1 Å². The summed E-state index contributed by atoms with van der Waals surface area (Å²) in [7, 11) is 0. The number of carboxylic acids is 1. The topological polar surface area (TPSA) is 37.3 Å². The van der Waals surface area contributed by atoms with E-state index >= 15 is 0 Å². The molecule has 0 aromatic heterocycles. The highest BCUT2D eigenvalue weighted by atomic mass is 79.9. The average Bonchev–Trinajstić information content (AvgIpc) is 2.45. The highest BCUT2D eigenvalue weighted by Crippen LogP contribution is 2.55. The summed E-state index contributed by atoms with van der Waals surface area (Å²) in [5.74, 6) is -0.354. The van der Waals surface area contributed by atoms with Crippen LogP contribution in [0.25, 0.3) is 0 Å². The van der Waals surface area contributed by atoms with Crippen molar-refractivity contribution in [3.05, 3.63) is 64.6 Å². The summed E-state index contributed by atoms with van der Waals surface area (Å²) in [6.45, 7) is 0. The van der Waals surface area contributed by atoms with Crippen molar-refractivity contribution in [1.29, 1.82) is 0 Å². The molecule has 0 heterocycles. The Morgan fingerprint density at radius 3 is 2.29 bits per heavy atom. The van der Waals surface area contributed by atoms with E-state index in [1.807, 2.05) is 42.5 Å². The number of aliphatic carboxylic acids is 1. The minimum atomic E-state index is -0.706. The lowest BCUT2D eigenvalue weighted by Crippen LogP contribution is -2.46. The van der Waals surface area contributed by atoms with Gasteiger partial charge in [-0.05, 0) is 48.6 Å². The van der Waals surface area contributed by atoms with Crippen LogP contribution in [0.4, 0.5) is 0 Å². The van der Waals surface area contributed by atoms with E-state index in [0.717, 1.165) is 9.37 Å². The maximum absolute atomic E-state index is 11.7. The summed E-state index contributed by atoms with van der Waals surface area (Å²) >= 11 is 4.87. The molecule has 1 N–H and O–H groups in total. The number of benzene rings is 2. The van der Waals surface area contributed by atoms with E-state index in [9.17, 15) is 9.90 Å². The first kappa shape index (κ1) is 14.7. The summed E-state index contributed by atoms with van der Waals surface area (Å²) in [4.78, 5) is 12.7. The second kappa shape index (κ2) is 5.85. The van der Waals surface area contributed by atoms with Gasteiger partial charge in [-0.25, -0.2) is 0 Å². The molecule has 1 saturated carbocycles. The Hall–Kier alpha value is -1.26. The normalized spacial score (nSPS) is 24.3. The molecule has 4 heteroatoms. The fourth-order valence-electron chi connectivity index (χ4n) is 2.73. The minimum Gasteiger partial charge on any atom is -0.480 e. The molecule has 108 valence electrons. The van der Waals surface area contributed by atoms with Crippen molar-refractivity contribution in [2.24, 2.45) is 0 Å². The molecule has 3 rings (SSSR count). The number of carbonyl (C=O) groups is 1. The van der Waals surface area contributed by atoms with Crippen LogP contribution in [0.15, 0.2) is 64.0 Å². The van der Waals surface area contributed by atoms with Gasteiger partial charge in [-0.15, -0.1) is 11.8 Å². The van der Waals surface area contributed by atoms with Crippen molar-refractivity contribution in [3.63, 3.8) is 0 Å². The van der Waals surface area contributed by atoms with Crippen LogP contribution in [-0.2, 0) is 4.79 Å². The van der Waals surface area contributed by atoms with Crippen molar-refractivity contribution >= 4 is 33.7 Å². The monoisotopic (exact) mass is 362 g/mol. The van der Waals surface area contributed by atoms with Gasteiger partial charge >= 0.3 is 5.97 Å². The van der Waals surface area contributed by atoms with Gasteiger partial charge in [0.25, 0.3) is 0 Å². The van der Waals surface area contributed by atoms with Crippen molar-refractivity contribution in [2.45, 2.75) is 28.4 Å². The predicted octanol–water partition coefficient (Wildman–Crippen LogP) is 4.94.